The maximum absolute atomic E-state index is 2.57. The lowest BCUT2D eigenvalue weighted by molar-refractivity contribution is 0.626. The van der Waals surface area contributed by atoms with Crippen molar-refractivity contribution in [2.24, 2.45) is 0 Å². The molecule has 0 saturated carbocycles. The molecule has 9 aromatic rings. The minimum absolute atomic E-state index is 0.124. The van der Waals surface area contributed by atoms with E-state index in [4.69, 9.17) is 0 Å². The Morgan fingerprint density at radius 3 is 1.05 bits per heavy atom. The van der Waals surface area contributed by atoms with Crippen LogP contribution in [-0.4, -0.2) is 0 Å². The Labute approximate surface area is 327 Å². The van der Waals surface area contributed by atoms with Crippen molar-refractivity contribution in [2.45, 2.75) is 36.5 Å². The standard InChI is InChI=1S/C56H38/c1-9-21-47-35(13-1)29-31-55(47)49-23-11-7-15-39(49)41-27-25-37(33-51(41)55)53-43-17-3-5-19-45(43)54(46-20-6-4-18-44(46)53)38-26-28-42-40-16-8-12-24-50(40)56(52(42)34-38)32-30-36-14-2-10-22-48(36)56/h1-28,33-34H,29-32H2. The van der Waals surface area contributed by atoms with E-state index < -0.39 is 0 Å². The maximum Gasteiger partial charge on any atom is 0.0469 e. The third-order valence-corrected chi connectivity index (χ3v) is 14.3. The quantitative estimate of drug-likeness (QED) is 0.157. The van der Waals surface area contributed by atoms with Crippen molar-refractivity contribution in [2.75, 3.05) is 0 Å². The van der Waals surface area contributed by atoms with Crippen molar-refractivity contribution < 1.29 is 0 Å². The van der Waals surface area contributed by atoms with Crippen LogP contribution in [0.1, 0.15) is 57.3 Å². The van der Waals surface area contributed by atoms with Crippen LogP contribution in [0.2, 0.25) is 0 Å². The Morgan fingerprint density at radius 1 is 0.286 bits per heavy atom. The van der Waals surface area contributed by atoms with Crippen molar-refractivity contribution in [3.8, 4) is 44.5 Å². The molecule has 0 heterocycles. The molecule has 4 aliphatic carbocycles. The third-order valence-electron chi connectivity index (χ3n) is 14.3. The first-order chi connectivity index (χ1) is 27.8. The van der Waals surface area contributed by atoms with Crippen LogP contribution in [0.15, 0.2) is 182 Å². The van der Waals surface area contributed by atoms with E-state index >= 15 is 0 Å². The molecule has 0 N–H and O–H groups in total. The first-order valence-electron chi connectivity index (χ1n) is 20.4. The van der Waals surface area contributed by atoms with Gasteiger partial charge < -0.3 is 0 Å². The Kier molecular flexibility index (Phi) is 6.08. The van der Waals surface area contributed by atoms with Gasteiger partial charge in [-0.2, -0.15) is 0 Å². The molecule has 4 aliphatic rings. The van der Waals surface area contributed by atoms with E-state index in [1.807, 2.05) is 0 Å². The minimum atomic E-state index is -0.124. The molecule has 2 unspecified atom stereocenters. The summed E-state index contributed by atoms with van der Waals surface area (Å²) in [7, 11) is 0. The fourth-order valence-corrected chi connectivity index (χ4v) is 12.1. The zero-order chi connectivity index (χ0) is 36.6. The largest absolute Gasteiger partial charge is 0.0620 e. The molecule has 0 saturated heterocycles. The smallest absolute Gasteiger partial charge is 0.0469 e. The van der Waals surface area contributed by atoms with E-state index in [-0.39, 0.29) is 10.8 Å². The molecule has 0 heteroatoms. The topological polar surface area (TPSA) is 0 Å². The molecule has 9 aromatic carbocycles. The monoisotopic (exact) mass is 710 g/mol. The predicted molar refractivity (Wildman–Crippen MR) is 232 cm³/mol. The lowest BCUT2D eigenvalue weighted by atomic mass is 9.72. The van der Waals surface area contributed by atoms with Gasteiger partial charge in [0.25, 0.3) is 0 Å². The van der Waals surface area contributed by atoms with Crippen LogP contribution in [0.4, 0.5) is 0 Å². The zero-order valence-corrected chi connectivity index (χ0v) is 31.1. The fraction of sp³-hybridized carbons (Fsp3) is 0.107. The van der Waals surface area contributed by atoms with Crippen LogP contribution in [0.5, 0.6) is 0 Å². The van der Waals surface area contributed by atoms with Crippen molar-refractivity contribution in [1.29, 1.82) is 0 Å². The van der Waals surface area contributed by atoms with Gasteiger partial charge in [0.15, 0.2) is 0 Å². The van der Waals surface area contributed by atoms with Gasteiger partial charge in [-0.05, 0) is 148 Å². The summed E-state index contributed by atoms with van der Waals surface area (Å²) < 4.78 is 0. The summed E-state index contributed by atoms with van der Waals surface area (Å²) in [6.07, 6.45) is 4.42. The summed E-state index contributed by atoms with van der Waals surface area (Å²) in [5, 5.41) is 5.23. The number of rotatable bonds is 2. The molecule has 0 bridgehead atoms. The average Bonchev–Trinajstić information content (AvgIpc) is 4.00. The molecule has 0 amide bonds. The zero-order valence-electron chi connectivity index (χ0n) is 31.1. The van der Waals surface area contributed by atoms with Crippen molar-refractivity contribution in [3.63, 3.8) is 0 Å². The molecule has 2 atom stereocenters. The SMILES string of the molecule is c1ccc2c(c1)CCC21c2ccccc2-c2ccc(-c3c4ccccc4c(-c4ccc5c(c4)C4(CCc6ccccc64)c4ccccc4-5)c4ccccc34)cc21. The normalized spacial score (nSPS) is 19.3. The predicted octanol–water partition coefficient (Wildman–Crippen LogP) is 13.8. The second-order valence-electron chi connectivity index (χ2n) is 16.6. The van der Waals surface area contributed by atoms with Gasteiger partial charge in [0.05, 0.1) is 0 Å². The molecule has 262 valence electrons. The number of benzene rings is 9. The highest BCUT2D eigenvalue weighted by Gasteiger charge is 2.49. The maximum atomic E-state index is 2.57. The van der Waals surface area contributed by atoms with Gasteiger partial charge in [0.1, 0.15) is 0 Å². The third kappa shape index (κ3) is 3.75. The van der Waals surface area contributed by atoms with E-state index in [9.17, 15) is 0 Å². The molecular formula is C56H38. The van der Waals surface area contributed by atoms with Gasteiger partial charge in [-0.25, -0.2) is 0 Å². The van der Waals surface area contributed by atoms with Gasteiger partial charge >= 0.3 is 0 Å². The lowest BCUT2D eigenvalue weighted by Crippen LogP contribution is -2.23. The molecule has 0 radical (unpaired) electrons. The van der Waals surface area contributed by atoms with E-state index in [1.54, 1.807) is 0 Å². The van der Waals surface area contributed by atoms with Crippen LogP contribution in [0.25, 0.3) is 66.1 Å². The summed E-state index contributed by atoms with van der Waals surface area (Å²) in [5.74, 6) is 0. The van der Waals surface area contributed by atoms with Crippen molar-refractivity contribution in [3.05, 3.63) is 226 Å². The molecule has 56 heavy (non-hydrogen) atoms. The van der Waals surface area contributed by atoms with Gasteiger partial charge in [-0.15, -0.1) is 0 Å². The van der Waals surface area contributed by atoms with Gasteiger partial charge in [0.2, 0.25) is 0 Å². The van der Waals surface area contributed by atoms with Gasteiger partial charge in [0, 0.05) is 10.8 Å². The van der Waals surface area contributed by atoms with E-state index in [0.717, 1.165) is 25.7 Å². The van der Waals surface area contributed by atoms with E-state index in [0.29, 0.717) is 0 Å². The second-order valence-corrected chi connectivity index (χ2v) is 16.6. The van der Waals surface area contributed by atoms with E-state index in [2.05, 4.69) is 182 Å². The van der Waals surface area contributed by atoms with E-state index in [1.165, 1.54) is 111 Å². The molecule has 0 aliphatic heterocycles. The second kappa shape index (κ2) is 11.1. The number of aryl methyl sites for hydroxylation is 2. The first kappa shape index (κ1) is 30.8. The van der Waals surface area contributed by atoms with Crippen LogP contribution < -0.4 is 0 Å². The highest BCUT2D eigenvalue weighted by Crippen LogP contribution is 2.61. The summed E-state index contributed by atoms with van der Waals surface area (Å²) in [5.41, 5.74) is 22.3. The minimum Gasteiger partial charge on any atom is -0.0620 e. The molecule has 13 rings (SSSR count). The molecule has 0 aromatic heterocycles. The fourth-order valence-electron chi connectivity index (χ4n) is 12.1. The first-order valence-corrected chi connectivity index (χ1v) is 20.4. The molecular weight excluding hydrogens is 673 g/mol. The average molecular weight is 711 g/mol. The van der Waals surface area contributed by atoms with Gasteiger partial charge in [-0.1, -0.05) is 170 Å². The van der Waals surface area contributed by atoms with Crippen LogP contribution >= 0.6 is 0 Å². The molecule has 0 fully saturated rings. The highest BCUT2D eigenvalue weighted by atomic mass is 14.5. The summed E-state index contributed by atoms with van der Waals surface area (Å²) in [6, 6.07) is 69.9. The molecule has 0 nitrogen and oxygen atoms in total. The van der Waals surface area contributed by atoms with Crippen LogP contribution in [0.3, 0.4) is 0 Å². The number of fused-ring (bicyclic) bond motifs is 16. The van der Waals surface area contributed by atoms with Crippen LogP contribution in [0, 0.1) is 0 Å². The Bertz CT molecular complexity index is 2890. The Morgan fingerprint density at radius 2 is 0.625 bits per heavy atom. The highest BCUT2D eigenvalue weighted by molar-refractivity contribution is 6.21. The summed E-state index contributed by atoms with van der Waals surface area (Å²) in [4.78, 5) is 0. The summed E-state index contributed by atoms with van der Waals surface area (Å²) in [6.45, 7) is 0. The lowest BCUT2D eigenvalue weighted by Gasteiger charge is -2.29. The van der Waals surface area contributed by atoms with Crippen LogP contribution in [-0.2, 0) is 23.7 Å². The summed E-state index contributed by atoms with van der Waals surface area (Å²) >= 11 is 0. The Hall–Kier alpha value is -6.50. The van der Waals surface area contributed by atoms with Crippen molar-refractivity contribution >= 4 is 21.5 Å². The Balaban J connectivity index is 1.06. The van der Waals surface area contributed by atoms with Crippen molar-refractivity contribution in [1.82, 2.24) is 0 Å². The number of hydrogen-bond acceptors (Lipinski definition) is 0. The van der Waals surface area contributed by atoms with Gasteiger partial charge in [-0.3, -0.25) is 0 Å². The number of hydrogen-bond donors (Lipinski definition) is 0. The molecule has 2 spiro atoms.